The number of benzene rings is 1. The number of aryl methyl sites for hydroxylation is 2. The first-order valence-electron chi connectivity index (χ1n) is 5.33. The third kappa shape index (κ3) is 1.21. The lowest BCUT2D eigenvalue weighted by Gasteiger charge is -2.06. The topological polar surface area (TPSA) is 33.4 Å². The lowest BCUT2D eigenvalue weighted by atomic mass is 10.0. The van der Waals surface area contributed by atoms with Crippen molar-refractivity contribution < 1.29 is 9.52 Å². The summed E-state index contributed by atoms with van der Waals surface area (Å²) < 4.78 is 5.65. The van der Waals surface area contributed by atoms with Crippen molar-refractivity contribution in [2.75, 3.05) is 0 Å². The fourth-order valence-corrected chi connectivity index (χ4v) is 2.04. The van der Waals surface area contributed by atoms with Crippen LogP contribution in [0.2, 0.25) is 0 Å². The lowest BCUT2D eigenvalue weighted by Crippen LogP contribution is -2.03. The minimum atomic E-state index is -0.567. The van der Waals surface area contributed by atoms with Crippen LogP contribution in [0, 0.1) is 13.8 Å². The van der Waals surface area contributed by atoms with E-state index in [1.807, 2.05) is 25.1 Å². The van der Waals surface area contributed by atoms with E-state index in [1.54, 1.807) is 0 Å². The molecule has 0 aliphatic heterocycles. The van der Waals surface area contributed by atoms with Crippen molar-refractivity contribution in [3.8, 4) is 0 Å². The standard InChI is InChI=1S/C13H14O2/c1-8-9(2)15-12-7-10(3-4-11(8)12)13(14)5-6-13/h3-4,7,14H,5-6H2,1-2H3. The summed E-state index contributed by atoms with van der Waals surface area (Å²) in [5, 5.41) is 11.1. The van der Waals surface area contributed by atoms with Crippen LogP contribution in [0.3, 0.4) is 0 Å². The molecule has 2 heteroatoms. The van der Waals surface area contributed by atoms with Gasteiger partial charge >= 0.3 is 0 Å². The highest BCUT2D eigenvalue weighted by Gasteiger charge is 2.42. The van der Waals surface area contributed by atoms with Crippen molar-refractivity contribution >= 4 is 11.0 Å². The summed E-state index contributed by atoms with van der Waals surface area (Å²) in [4.78, 5) is 0. The molecular formula is C13H14O2. The molecular weight excluding hydrogens is 188 g/mol. The maximum absolute atomic E-state index is 9.99. The first kappa shape index (κ1) is 8.98. The second-order valence-electron chi connectivity index (χ2n) is 4.53. The number of rotatable bonds is 1. The second-order valence-corrected chi connectivity index (χ2v) is 4.53. The molecule has 1 aromatic carbocycles. The van der Waals surface area contributed by atoms with Gasteiger partial charge in [0.25, 0.3) is 0 Å². The van der Waals surface area contributed by atoms with E-state index in [0.717, 1.165) is 35.1 Å². The van der Waals surface area contributed by atoms with Gasteiger partial charge in [-0.1, -0.05) is 12.1 Å². The van der Waals surface area contributed by atoms with Crippen LogP contribution in [0.1, 0.15) is 29.7 Å². The van der Waals surface area contributed by atoms with Gasteiger partial charge in [0.05, 0.1) is 5.60 Å². The Bertz CT molecular complexity index is 533. The summed E-state index contributed by atoms with van der Waals surface area (Å²) >= 11 is 0. The van der Waals surface area contributed by atoms with E-state index in [9.17, 15) is 5.11 Å². The molecule has 0 unspecified atom stereocenters. The third-order valence-corrected chi connectivity index (χ3v) is 3.44. The molecule has 0 bridgehead atoms. The molecule has 1 fully saturated rings. The summed E-state index contributed by atoms with van der Waals surface area (Å²) in [6.07, 6.45) is 1.74. The van der Waals surface area contributed by atoms with Crippen LogP contribution in [0.4, 0.5) is 0 Å². The molecule has 1 saturated carbocycles. The lowest BCUT2D eigenvalue weighted by molar-refractivity contribution is 0.151. The van der Waals surface area contributed by atoms with Crippen molar-refractivity contribution in [3.05, 3.63) is 35.1 Å². The Morgan fingerprint density at radius 1 is 1.27 bits per heavy atom. The van der Waals surface area contributed by atoms with Crippen LogP contribution < -0.4 is 0 Å². The van der Waals surface area contributed by atoms with Crippen molar-refractivity contribution in [2.24, 2.45) is 0 Å². The maximum atomic E-state index is 9.99. The molecule has 1 aliphatic carbocycles. The molecule has 0 spiro atoms. The summed E-state index contributed by atoms with van der Waals surface area (Å²) in [6.45, 7) is 4.04. The monoisotopic (exact) mass is 202 g/mol. The average molecular weight is 202 g/mol. The van der Waals surface area contributed by atoms with Gasteiger partial charge in [-0.2, -0.15) is 0 Å². The van der Waals surface area contributed by atoms with E-state index in [0.29, 0.717) is 0 Å². The van der Waals surface area contributed by atoms with E-state index < -0.39 is 5.60 Å². The van der Waals surface area contributed by atoms with E-state index in [1.165, 1.54) is 5.56 Å². The molecule has 0 atom stereocenters. The fourth-order valence-electron chi connectivity index (χ4n) is 2.04. The van der Waals surface area contributed by atoms with Gasteiger partial charge in [0.2, 0.25) is 0 Å². The van der Waals surface area contributed by atoms with Crippen LogP contribution in [-0.4, -0.2) is 5.11 Å². The zero-order chi connectivity index (χ0) is 10.6. The van der Waals surface area contributed by atoms with Gasteiger partial charge in [-0.05, 0) is 43.9 Å². The molecule has 0 saturated heterocycles. The van der Waals surface area contributed by atoms with E-state index >= 15 is 0 Å². The number of hydrogen-bond donors (Lipinski definition) is 1. The Hall–Kier alpha value is -1.28. The highest BCUT2D eigenvalue weighted by Crippen LogP contribution is 2.46. The summed E-state index contributed by atoms with van der Waals surface area (Å²) in [7, 11) is 0. The fraction of sp³-hybridized carbons (Fsp3) is 0.385. The van der Waals surface area contributed by atoms with Crippen LogP contribution >= 0.6 is 0 Å². The van der Waals surface area contributed by atoms with Crippen LogP contribution in [0.5, 0.6) is 0 Å². The zero-order valence-corrected chi connectivity index (χ0v) is 9.00. The van der Waals surface area contributed by atoms with Gasteiger partial charge in [-0.25, -0.2) is 0 Å². The highest BCUT2D eigenvalue weighted by molar-refractivity contribution is 5.82. The van der Waals surface area contributed by atoms with E-state index in [-0.39, 0.29) is 0 Å². The van der Waals surface area contributed by atoms with Crippen molar-refractivity contribution in [1.29, 1.82) is 0 Å². The molecule has 1 aliphatic rings. The van der Waals surface area contributed by atoms with Crippen LogP contribution in [0.25, 0.3) is 11.0 Å². The first-order chi connectivity index (χ1) is 7.10. The van der Waals surface area contributed by atoms with Gasteiger partial charge in [0.15, 0.2) is 0 Å². The first-order valence-corrected chi connectivity index (χ1v) is 5.33. The van der Waals surface area contributed by atoms with Crippen LogP contribution in [-0.2, 0) is 5.60 Å². The normalized spacial score (nSPS) is 18.3. The molecule has 78 valence electrons. The molecule has 1 N–H and O–H groups in total. The second kappa shape index (κ2) is 2.64. The minimum absolute atomic E-state index is 0.567. The van der Waals surface area contributed by atoms with E-state index in [2.05, 4.69) is 6.92 Å². The third-order valence-electron chi connectivity index (χ3n) is 3.44. The van der Waals surface area contributed by atoms with Gasteiger partial charge in [0, 0.05) is 5.39 Å². The summed E-state index contributed by atoms with van der Waals surface area (Å²) in [6, 6.07) is 6.03. The Balaban J connectivity index is 2.22. The quantitative estimate of drug-likeness (QED) is 0.771. The largest absolute Gasteiger partial charge is 0.461 e. The Morgan fingerprint density at radius 2 is 2.00 bits per heavy atom. The number of fused-ring (bicyclic) bond motifs is 1. The SMILES string of the molecule is Cc1oc2cc(C3(O)CC3)ccc2c1C. The zero-order valence-electron chi connectivity index (χ0n) is 9.00. The Kier molecular flexibility index (Phi) is 1.58. The molecule has 15 heavy (non-hydrogen) atoms. The molecule has 1 heterocycles. The maximum Gasteiger partial charge on any atom is 0.134 e. The average Bonchev–Trinajstić information content (AvgIpc) is 2.90. The van der Waals surface area contributed by atoms with Crippen LogP contribution in [0.15, 0.2) is 22.6 Å². The van der Waals surface area contributed by atoms with Crippen molar-refractivity contribution in [3.63, 3.8) is 0 Å². The molecule has 0 radical (unpaired) electrons. The van der Waals surface area contributed by atoms with E-state index in [4.69, 9.17) is 4.42 Å². The van der Waals surface area contributed by atoms with Gasteiger partial charge in [-0.3, -0.25) is 0 Å². The molecule has 2 nitrogen and oxygen atoms in total. The predicted octanol–water partition coefficient (Wildman–Crippen LogP) is 3.03. The smallest absolute Gasteiger partial charge is 0.134 e. The summed E-state index contributed by atoms with van der Waals surface area (Å²) in [5.41, 5.74) is 2.51. The number of aliphatic hydroxyl groups is 1. The molecule has 0 amide bonds. The Morgan fingerprint density at radius 3 is 2.67 bits per heavy atom. The van der Waals surface area contributed by atoms with Crippen molar-refractivity contribution in [2.45, 2.75) is 32.3 Å². The number of furan rings is 1. The van der Waals surface area contributed by atoms with Crippen molar-refractivity contribution in [1.82, 2.24) is 0 Å². The Labute approximate surface area is 88.5 Å². The molecule has 3 rings (SSSR count). The molecule has 2 aromatic rings. The minimum Gasteiger partial charge on any atom is -0.461 e. The highest BCUT2D eigenvalue weighted by atomic mass is 16.3. The number of hydrogen-bond acceptors (Lipinski definition) is 2. The van der Waals surface area contributed by atoms with Gasteiger partial charge in [0.1, 0.15) is 11.3 Å². The molecule has 1 aromatic heterocycles. The van der Waals surface area contributed by atoms with Gasteiger partial charge < -0.3 is 9.52 Å². The summed E-state index contributed by atoms with van der Waals surface area (Å²) in [5.74, 6) is 0.963. The van der Waals surface area contributed by atoms with Gasteiger partial charge in [-0.15, -0.1) is 0 Å². The predicted molar refractivity (Wildman–Crippen MR) is 58.8 cm³/mol.